The third-order valence-corrected chi connectivity index (χ3v) is 2.91. The zero-order valence-corrected chi connectivity index (χ0v) is 10.3. The highest BCUT2D eigenvalue weighted by Gasteiger charge is 2.16. The van der Waals surface area contributed by atoms with E-state index in [-0.39, 0.29) is 11.9 Å². The first-order valence-electron chi connectivity index (χ1n) is 6.19. The quantitative estimate of drug-likeness (QED) is 0.695. The lowest BCUT2D eigenvalue weighted by Gasteiger charge is -2.22. The Bertz CT molecular complexity index is 202. The van der Waals surface area contributed by atoms with Crippen LogP contribution in [0, 0.1) is 11.8 Å². The van der Waals surface area contributed by atoms with Crippen molar-refractivity contribution in [2.45, 2.75) is 26.7 Å². The summed E-state index contributed by atoms with van der Waals surface area (Å²) in [5, 5.41) is 3.34. The van der Waals surface area contributed by atoms with Crippen LogP contribution in [-0.2, 0) is 14.3 Å². The van der Waals surface area contributed by atoms with Gasteiger partial charge in [0.15, 0.2) is 0 Å². The topological polar surface area (TPSA) is 47.6 Å². The number of nitrogens with one attached hydrogen (secondary N) is 1. The SMILES string of the molecule is CCOC(=O)C(C)CNCC1CCOCC1. The maximum absolute atomic E-state index is 11.3. The number of hydrogen-bond donors (Lipinski definition) is 1. The second-order valence-corrected chi connectivity index (χ2v) is 4.37. The number of rotatable bonds is 6. The van der Waals surface area contributed by atoms with Gasteiger partial charge < -0.3 is 14.8 Å². The van der Waals surface area contributed by atoms with Crippen molar-refractivity contribution < 1.29 is 14.3 Å². The molecule has 0 bridgehead atoms. The van der Waals surface area contributed by atoms with Crippen LogP contribution in [0.1, 0.15) is 26.7 Å². The van der Waals surface area contributed by atoms with Gasteiger partial charge in [0.05, 0.1) is 12.5 Å². The highest BCUT2D eigenvalue weighted by atomic mass is 16.5. The largest absolute Gasteiger partial charge is 0.466 e. The minimum absolute atomic E-state index is 0.0557. The smallest absolute Gasteiger partial charge is 0.309 e. The second kappa shape index (κ2) is 7.63. The van der Waals surface area contributed by atoms with E-state index in [1.807, 2.05) is 13.8 Å². The highest BCUT2D eigenvalue weighted by molar-refractivity contribution is 5.72. The molecule has 4 nitrogen and oxygen atoms in total. The molecule has 1 N–H and O–H groups in total. The Morgan fingerprint density at radius 1 is 1.50 bits per heavy atom. The van der Waals surface area contributed by atoms with Crippen LogP contribution in [0.3, 0.4) is 0 Å². The Hall–Kier alpha value is -0.610. The van der Waals surface area contributed by atoms with Crippen molar-refractivity contribution in [2.75, 3.05) is 32.9 Å². The van der Waals surface area contributed by atoms with E-state index in [1.54, 1.807) is 0 Å². The van der Waals surface area contributed by atoms with E-state index < -0.39 is 0 Å². The van der Waals surface area contributed by atoms with Crippen molar-refractivity contribution in [3.05, 3.63) is 0 Å². The summed E-state index contributed by atoms with van der Waals surface area (Å²) >= 11 is 0. The van der Waals surface area contributed by atoms with Crippen molar-refractivity contribution in [1.82, 2.24) is 5.32 Å². The lowest BCUT2D eigenvalue weighted by molar-refractivity contribution is -0.147. The van der Waals surface area contributed by atoms with E-state index in [9.17, 15) is 4.79 Å². The molecule has 16 heavy (non-hydrogen) atoms. The fourth-order valence-corrected chi connectivity index (χ4v) is 1.82. The fraction of sp³-hybridized carbons (Fsp3) is 0.917. The summed E-state index contributed by atoms with van der Waals surface area (Å²) in [6.45, 7) is 7.63. The normalized spacial score (nSPS) is 19.4. The van der Waals surface area contributed by atoms with E-state index in [0.29, 0.717) is 19.1 Å². The molecule has 1 saturated heterocycles. The van der Waals surface area contributed by atoms with Crippen LogP contribution >= 0.6 is 0 Å². The fourth-order valence-electron chi connectivity index (χ4n) is 1.82. The van der Waals surface area contributed by atoms with Crippen molar-refractivity contribution in [3.63, 3.8) is 0 Å². The van der Waals surface area contributed by atoms with E-state index in [2.05, 4.69) is 5.32 Å². The molecular formula is C12H23NO3. The summed E-state index contributed by atoms with van der Waals surface area (Å²) < 4.78 is 10.2. The molecule has 0 aromatic heterocycles. The zero-order chi connectivity index (χ0) is 11.8. The third-order valence-electron chi connectivity index (χ3n) is 2.91. The first-order chi connectivity index (χ1) is 7.74. The number of hydrogen-bond acceptors (Lipinski definition) is 4. The third kappa shape index (κ3) is 4.94. The van der Waals surface area contributed by atoms with Gasteiger partial charge in [-0.1, -0.05) is 6.92 Å². The lowest BCUT2D eigenvalue weighted by atomic mass is 10.0. The Morgan fingerprint density at radius 2 is 2.19 bits per heavy atom. The average Bonchev–Trinajstić information content (AvgIpc) is 2.30. The van der Waals surface area contributed by atoms with Crippen LogP contribution in [0.5, 0.6) is 0 Å². The molecule has 1 aliphatic heterocycles. The van der Waals surface area contributed by atoms with Gasteiger partial charge in [-0.05, 0) is 32.2 Å². The van der Waals surface area contributed by atoms with Gasteiger partial charge in [-0.25, -0.2) is 0 Å². The molecular weight excluding hydrogens is 206 g/mol. The molecule has 0 aliphatic carbocycles. The molecule has 0 aromatic rings. The molecule has 0 amide bonds. The van der Waals surface area contributed by atoms with Gasteiger partial charge >= 0.3 is 5.97 Å². The lowest BCUT2D eigenvalue weighted by Crippen LogP contribution is -2.33. The molecule has 0 spiro atoms. The minimum atomic E-state index is -0.109. The van der Waals surface area contributed by atoms with Crippen LogP contribution < -0.4 is 5.32 Å². The summed E-state index contributed by atoms with van der Waals surface area (Å²) in [6, 6.07) is 0. The van der Waals surface area contributed by atoms with E-state index in [4.69, 9.17) is 9.47 Å². The van der Waals surface area contributed by atoms with E-state index in [1.165, 1.54) is 0 Å². The summed E-state index contributed by atoms with van der Waals surface area (Å²) in [6.07, 6.45) is 2.25. The van der Waals surface area contributed by atoms with Gasteiger partial charge in [-0.15, -0.1) is 0 Å². The minimum Gasteiger partial charge on any atom is -0.466 e. The Kier molecular flexibility index (Phi) is 6.42. The predicted octanol–water partition coefficient (Wildman–Crippen LogP) is 1.20. The van der Waals surface area contributed by atoms with Crippen LogP contribution in [-0.4, -0.2) is 38.9 Å². The number of carbonyl (C=O) groups is 1. The highest BCUT2D eigenvalue weighted by Crippen LogP contribution is 2.13. The zero-order valence-electron chi connectivity index (χ0n) is 10.3. The van der Waals surface area contributed by atoms with Crippen LogP contribution in [0.2, 0.25) is 0 Å². The van der Waals surface area contributed by atoms with Gasteiger partial charge in [0.2, 0.25) is 0 Å². The second-order valence-electron chi connectivity index (χ2n) is 4.37. The molecule has 0 aromatic carbocycles. The average molecular weight is 229 g/mol. The number of carbonyl (C=O) groups excluding carboxylic acids is 1. The molecule has 0 radical (unpaired) electrons. The summed E-state index contributed by atoms with van der Waals surface area (Å²) in [7, 11) is 0. The molecule has 1 fully saturated rings. The predicted molar refractivity (Wildman–Crippen MR) is 62.2 cm³/mol. The Morgan fingerprint density at radius 3 is 2.81 bits per heavy atom. The van der Waals surface area contributed by atoms with E-state index >= 15 is 0 Å². The van der Waals surface area contributed by atoms with Crippen molar-refractivity contribution in [3.8, 4) is 0 Å². The maximum Gasteiger partial charge on any atom is 0.309 e. The molecule has 1 aliphatic rings. The summed E-state index contributed by atoms with van der Waals surface area (Å²) in [5.41, 5.74) is 0. The molecule has 1 heterocycles. The molecule has 1 rings (SSSR count). The Balaban J connectivity index is 2.07. The van der Waals surface area contributed by atoms with Crippen LogP contribution in [0.25, 0.3) is 0 Å². The van der Waals surface area contributed by atoms with Gasteiger partial charge in [-0.3, -0.25) is 4.79 Å². The molecule has 4 heteroatoms. The first kappa shape index (κ1) is 13.5. The van der Waals surface area contributed by atoms with Gasteiger partial charge in [0.1, 0.15) is 0 Å². The number of esters is 1. The molecule has 1 atom stereocenters. The molecule has 94 valence electrons. The van der Waals surface area contributed by atoms with Gasteiger partial charge in [0.25, 0.3) is 0 Å². The summed E-state index contributed by atoms with van der Waals surface area (Å²) in [5.74, 6) is 0.532. The first-order valence-corrected chi connectivity index (χ1v) is 6.19. The maximum atomic E-state index is 11.3. The summed E-state index contributed by atoms with van der Waals surface area (Å²) in [4.78, 5) is 11.3. The number of ether oxygens (including phenoxy) is 2. The van der Waals surface area contributed by atoms with E-state index in [0.717, 1.165) is 32.6 Å². The standard InChI is InChI=1S/C12H23NO3/c1-3-16-12(14)10(2)8-13-9-11-4-6-15-7-5-11/h10-11,13H,3-9H2,1-2H3. The van der Waals surface area contributed by atoms with Crippen LogP contribution in [0.15, 0.2) is 0 Å². The van der Waals surface area contributed by atoms with Crippen molar-refractivity contribution in [1.29, 1.82) is 0 Å². The molecule has 0 saturated carbocycles. The van der Waals surface area contributed by atoms with Crippen molar-refractivity contribution in [2.24, 2.45) is 11.8 Å². The Labute approximate surface area is 97.7 Å². The van der Waals surface area contributed by atoms with Crippen LogP contribution in [0.4, 0.5) is 0 Å². The van der Waals surface area contributed by atoms with Gasteiger partial charge in [-0.2, -0.15) is 0 Å². The van der Waals surface area contributed by atoms with Crippen molar-refractivity contribution >= 4 is 5.97 Å². The van der Waals surface area contributed by atoms with Gasteiger partial charge in [0, 0.05) is 19.8 Å². The monoisotopic (exact) mass is 229 g/mol. The molecule has 1 unspecified atom stereocenters.